The van der Waals surface area contributed by atoms with Crippen molar-refractivity contribution in [2.75, 3.05) is 0 Å². The van der Waals surface area contributed by atoms with Crippen molar-refractivity contribution < 1.29 is 13.3 Å². The van der Waals surface area contributed by atoms with Gasteiger partial charge in [-0.1, -0.05) is 315 Å². The summed E-state index contributed by atoms with van der Waals surface area (Å²) < 4.78 is 26.8. The molecule has 0 saturated carbocycles. The zero-order chi connectivity index (χ0) is 90.8. The molecule has 0 saturated heterocycles. The van der Waals surface area contributed by atoms with Crippen LogP contribution >= 0.6 is 0 Å². The number of benzene rings is 17. The smallest absolute Gasteiger partial charge is 0.162 e. The maximum atomic E-state index is 6.59. The van der Waals surface area contributed by atoms with Crippen molar-refractivity contribution in [3.8, 4) is 108 Å². The summed E-state index contributed by atoms with van der Waals surface area (Å²) in [4.78, 5) is 43.9. The Labute approximate surface area is 787 Å². The molecule has 0 bridgehead atoms. The second-order valence-electron chi connectivity index (χ2n) is 34.6. The lowest BCUT2D eigenvalue weighted by Crippen LogP contribution is -2.02. The summed E-state index contributed by atoms with van der Waals surface area (Å²) in [5, 5.41) is 19.9. The molecule has 12 aromatic heterocycles. The predicted octanol–water partition coefficient (Wildman–Crippen LogP) is 31.4. The van der Waals surface area contributed by atoms with Crippen LogP contribution in [-0.2, 0) is 0 Å². The quantitative estimate of drug-likeness (QED) is 0.120. The van der Waals surface area contributed by atoms with Gasteiger partial charge in [0.05, 0.1) is 77.7 Å². The summed E-state index contributed by atoms with van der Waals surface area (Å²) in [7, 11) is 0. The highest BCUT2D eigenvalue weighted by molar-refractivity contribution is 6.38. The highest BCUT2D eigenvalue weighted by Crippen LogP contribution is 2.51. The first kappa shape index (κ1) is 78.8. The molecule has 644 valence electrons. The second-order valence-corrected chi connectivity index (χ2v) is 34.6. The topological polar surface area (TPSA) is 170 Å². The van der Waals surface area contributed by atoms with E-state index in [0.29, 0.717) is 17.5 Å². The number of fused-ring (bicyclic) bond motifs is 30. The molecule has 0 fully saturated rings. The summed E-state index contributed by atoms with van der Waals surface area (Å²) in [6.45, 7) is 0. The van der Waals surface area contributed by atoms with Crippen molar-refractivity contribution >= 4 is 164 Å². The first-order chi connectivity index (χ1) is 68.5. The van der Waals surface area contributed by atoms with Crippen molar-refractivity contribution in [2.24, 2.45) is 0 Å². The average Bonchev–Trinajstić information content (AvgIpc) is 1.54. The van der Waals surface area contributed by atoms with E-state index in [-0.39, 0.29) is 0 Å². The van der Waals surface area contributed by atoms with Gasteiger partial charge in [0.25, 0.3) is 0 Å². The van der Waals surface area contributed by atoms with Gasteiger partial charge >= 0.3 is 0 Å². The van der Waals surface area contributed by atoms with Gasteiger partial charge in [0.2, 0.25) is 0 Å². The Hall–Kier alpha value is -19.0. The SMILES string of the molecule is c1ccc(-c2cc(-c3ccc(-n4c5ccccc5c5c6ccncc6c6oc7ccccc7c6c54)cc3)nc(-c3ccccc3)n2)cc1.c1ccc(-c2cc(-c3cccc(-n4c5ccccc5c5c6ccncc6c6oc7ccccc7c6c54)c3)nc(-c3ccccc3)n2)cc1.c1ccc(-c2cc(-n3c4ccccc4c4c5ccncc5c5oc6ccccc6c5c43)nc(-c3ccccc3)n2)cc1. The van der Waals surface area contributed by atoms with Crippen molar-refractivity contribution in [3.05, 3.63) is 450 Å². The second kappa shape index (κ2) is 32.5. The van der Waals surface area contributed by atoms with Crippen LogP contribution < -0.4 is 0 Å². The summed E-state index contributed by atoms with van der Waals surface area (Å²) in [6, 6.07) is 142. The van der Waals surface area contributed by atoms with Crippen LogP contribution in [-0.4, -0.2) is 58.6 Å². The van der Waals surface area contributed by atoms with E-state index < -0.39 is 0 Å². The van der Waals surface area contributed by atoms with Crippen LogP contribution in [0.3, 0.4) is 0 Å². The molecule has 0 atom stereocenters. The van der Waals surface area contributed by atoms with Crippen LogP contribution in [0.1, 0.15) is 0 Å². The van der Waals surface area contributed by atoms with Crippen LogP contribution in [0.25, 0.3) is 271 Å². The third-order valence-electron chi connectivity index (χ3n) is 26.6. The maximum absolute atomic E-state index is 6.59. The Morgan fingerprint density at radius 2 is 0.471 bits per heavy atom. The Morgan fingerprint density at radius 1 is 0.181 bits per heavy atom. The minimum absolute atomic E-state index is 0.677. The molecule has 29 aromatic rings. The fourth-order valence-electron chi connectivity index (χ4n) is 20.6. The fourth-order valence-corrected chi connectivity index (χ4v) is 20.6. The number of furan rings is 3. The lowest BCUT2D eigenvalue weighted by atomic mass is 10.0. The molecule has 0 spiro atoms. The third-order valence-corrected chi connectivity index (χ3v) is 26.6. The number of hydrogen-bond donors (Lipinski definition) is 0. The molecule has 0 N–H and O–H groups in total. The zero-order valence-electron chi connectivity index (χ0n) is 73.8. The molecule has 138 heavy (non-hydrogen) atoms. The standard InChI is InChI=1S/2C43H26N4O.C37H22N4O/c1-3-12-27(13-4-1)35-25-36(46-43(45-35)28-14-5-2-6-15-28)29-16-11-17-30(24-29)47-37-20-9-7-18-32(37)39-31-22-23-44-26-34(31)42-40(41(39)47)33-19-8-10-21-38(33)48-42;1-3-11-27(12-4-1)35-25-36(46-43(45-35)29-13-5-2-6-14-29)28-19-21-30(22-20-28)47-37-17-9-7-15-32(37)39-31-23-24-44-26-34(31)42-40(41(39)47)33-16-8-10-18-38(33)48-42;1-3-11-23(12-4-1)29-21-32(40-37(39-29)24-13-5-2-6-14-24)41-30-17-9-7-15-26(30)33-25-19-20-38-22-28(25)36-34(35(33)41)27-16-8-10-18-31(27)42-36/h2*1-26H;1-22H. The fraction of sp³-hybridized carbons (Fsp3) is 0. The molecule has 0 unspecified atom stereocenters. The van der Waals surface area contributed by atoms with Gasteiger partial charge in [-0.2, -0.15) is 0 Å². The minimum atomic E-state index is 0.677. The number of pyridine rings is 3. The predicted molar refractivity (Wildman–Crippen MR) is 560 cm³/mol. The average molecular weight is 1770 g/mol. The van der Waals surface area contributed by atoms with E-state index in [9.17, 15) is 0 Å². The molecular weight excluding hydrogens is 1690 g/mol. The van der Waals surface area contributed by atoms with Gasteiger partial charge in [-0.25, -0.2) is 29.9 Å². The summed E-state index contributed by atoms with van der Waals surface area (Å²) >= 11 is 0. The first-order valence-corrected chi connectivity index (χ1v) is 46.0. The third kappa shape index (κ3) is 13.0. The molecule has 0 aliphatic heterocycles. The van der Waals surface area contributed by atoms with E-state index >= 15 is 0 Å². The van der Waals surface area contributed by atoms with Crippen LogP contribution in [0.2, 0.25) is 0 Å². The van der Waals surface area contributed by atoms with E-state index in [1.807, 2.05) is 183 Å². The van der Waals surface area contributed by atoms with E-state index in [1.54, 1.807) is 0 Å². The monoisotopic (exact) mass is 1770 g/mol. The van der Waals surface area contributed by atoms with Crippen LogP contribution in [0, 0.1) is 0 Å². The molecule has 12 heterocycles. The molecule has 0 aliphatic rings. The van der Waals surface area contributed by atoms with Crippen LogP contribution in [0.4, 0.5) is 0 Å². The molecule has 17 aromatic carbocycles. The van der Waals surface area contributed by atoms with Gasteiger partial charge in [0.1, 0.15) is 39.3 Å². The van der Waals surface area contributed by atoms with Gasteiger partial charge in [-0.3, -0.25) is 19.5 Å². The molecule has 15 nitrogen and oxygen atoms in total. The number of nitrogens with zero attached hydrogens (tertiary/aromatic N) is 12. The summed E-state index contributed by atoms with van der Waals surface area (Å²) in [5.74, 6) is 2.87. The van der Waals surface area contributed by atoms with Crippen molar-refractivity contribution in [1.29, 1.82) is 0 Å². The van der Waals surface area contributed by atoms with Gasteiger partial charge in [-0.15, -0.1) is 0 Å². The van der Waals surface area contributed by atoms with Gasteiger partial charge in [0, 0.05) is 164 Å². The van der Waals surface area contributed by atoms with E-state index in [2.05, 4.69) is 296 Å². The number of para-hydroxylation sites is 6. The number of rotatable bonds is 11. The Bertz CT molecular complexity index is 9740. The largest absolute Gasteiger partial charge is 0.455 e. The van der Waals surface area contributed by atoms with Crippen molar-refractivity contribution in [3.63, 3.8) is 0 Å². The molecule has 15 heteroatoms. The zero-order valence-corrected chi connectivity index (χ0v) is 73.8. The number of aromatic nitrogens is 12. The van der Waals surface area contributed by atoms with Gasteiger partial charge in [-0.05, 0) is 107 Å². The van der Waals surface area contributed by atoms with Crippen LogP contribution in [0.15, 0.2) is 463 Å². The summed E-state index contributed by atoms with van der Waals surface area (Å²) in [6.07, 6.45) is 11.4. The maximum Gasteiger partial charge on any atom is 0.162 e. The molecule has 29 rings (SSSR count). The highest BCUT2D eigenvalue weighted by atomic mass is 16.3. The van der Waals surface area contributed by atoms with Crippen molar-refractivity contribution in [2.45, 2.75) is 0 Å². The lowest BCUT2D eigenvalue weighted by Gasteiger charge is -2.13. The molecule has 0 radical (unpaired) electrons. The number of hydrogen-bond acceptors (Lipinski definition) is 12. The Balaban J connectivity index is 0.000000105. The van der Waals surface area contributed by atoms with E-state index in [1.165, 1.54) is 21.5 Å². The van der Waals surface area contributed by atoms with Gasteiger partial charge in [0.15, 0.2) is 17.5 Å². The Morgan fingerprint density at radius 3 is 0.855 bits per heavy atom. The van der Waals surface area contributed by atoms with E-state index in [0.717, 1.165) is 232 Å². The highest BCUT2D eigenvalue weighted by Gasteiger charge is 2.29. The molecule has 0 amide bonds. The van der Waals surface area contributed by atoms with E-state index in [4.69, 9.17) is 43.2 Å². The van der Waals surface area contributed by atoms with Gasteiger partial charge < -0.3 is 22.4 Å². The Kier molecular flexibility index (Phi) is 18.6. The molecular formula is C123H74N12O3. The van der Waals surface area contributed by atoms with Crippen molar-refractivity contribution in [1.82, 2.24) is 58.6 Å². The van der Waals surface area contributed by atoms with Crippen LogP contribution in [0.5, 0.6) is 0 Å². The minimum Gasteiger partial charge on any atom is -0.455 e. The molecule has 0 aliphatic carbocycles. The normalized spacial score (nSPS) is 11.8. The summed E-state index contributed by atoms with van der Waals surface area (Å²) in [5.41, 5.74) is 26.3. The lowest BCUT2D eigenvalue weighted by molar-refractivity contribution is 0.672. The first-order valence-electron chi connectivity index (χ1n) is 46.0.